The summed E-state index contributed by atoms with van der Waals surface area (Å²) < 4.78 is 41.5. The van der Waals surface area contributed by atoms with E-state index in [1.807, 2.05) is 0 Å². The van der Waals surface area contributed by atoms with Crippen molar-refractivity contribution in [2.24, 2.45) is 5.84 Å². The predicted octanol–water partition coefficient (Wildman–Crippen LogP) is 3.27. The van der Waals surface area contributed by atoms with Gasteiger partial charge in [0.2, 0.25) is 0 Å². The summed E-state index contributed by atoms with van der Waals surface area (Å²) in [5.41, 5.74) is 3.55. The van der Waals surface area contributed by atoms with Gasteiger partial charge in [-0.1, -0.05) is 12.1 Å². The Bertz CT molecular complexity index is 641. The second-order valence-electron chi connectivity index (χ2n) is 4.69. The molecule has 0 heterocycles. The van der Waals surface area contributed by atoms with Crippen molar-refractivity contribution >= 4 is 0 Å². The maximum absolute atomic E-state index is 14.2. The summed E-state index contributed by atoms with van der Waals surface area (Å²) >= 11 is 0. The standard InChI is InChI=1S/C15H15F3N2/c1-8-3-5-10(16)7-11(8)15(20-19)13-12(17)6-4-9(2)14(13)18/h3-7,15,20H,19H2,1-2H3. The van der Waals surface area contributed by atoms with Gasteiger partial charge in [-0.3, -0.25) is 5.84 Å². The number of benzene rings is 2. The average Bonchev–Trinajstić information content (AvgIpc) is 2.42. The molecule has 0 aromatic heterocycles. The molecule has 0 saturated carbocycles. The van der Waals surface area contributed by atoms with E-state index in [-0.39, 0.29) is 5.56 Å². The zero-order valence-corrected chi connectivity index (χ0v) is 11.2. The smallest absolute Gasteiger partial charge is 0.134 e. The highest BCUT2D eigenvalue weighted by molar-refractivity contribution is 5.40. The van der Waals surface area contributed by atoms with Gasteiger partial charge in [0.25, 0.3) is 0 Å². The van der Waals surface area contributed by atoms with Gasteiger partial charge in [0.15, 0.2) is 0 Å². The minimum atomic E-state index is -0.953. The molecule has 1 unspecified atom stereocenters. The summed E-state index contributed by atoms with van der Waals surface area (Å²) in [5, 5.41) is 0. The third-order valence-electron chi connectivity index (χ3n) is 3.33. The average molecular weight is 280 g/mol. The van der Waals surface area contributed by atoms with Crippen LogP contribution in [0.5, 0.6) is 0 Å². The Hall–Kier alpha value is -1.85. The van der Waals surface area contributed by atoms with Crippen molar-refractivity contribution in [1.82, 2.24) is 5.43 Å². The van der Waals surface area contributed by atoms with Gasteiger partial charge >= 0.3 is 0 Å². The molecule has 0 aliphatic carbocycles. The fourth-order valence-corrected chi connectivity index (χ4v) is 2.19. The first-order valence-corrected chi connectivity index (χ1v) is 6.12. The van der Waals surface area contributed by atoms with Gasteiger partial charge in [-0.2, -0.15) is 0 Å². The lowest BCUT2D eigenvalue weighted by Crippen LogP contribution is -2.31. The maximum atomic E-state index is 14.2. The lowest BCUT2D eigenvalue weighted by molar-refractivity contribution is 0.504. The second kappa shape index (κ2) is 5.64. The van der Waals surface area contributed by atoms with Gasteiger partial charge in [-0.25, -0.2) is 18.6 Å². The van der Waals surface area contributed by atoms with Crippen LogP contribution in [0.15, 0.2) is 30.3 Å². The number of aryl methyl sites for hydroxylation is 2. The van der Waals surface area contributed by atoms with Crippen LogP contribution < -0.4 is 11.3 Å². The molecule has 0 amide bonds. The summed E-state index contributed by atoms with van der Waals surface area (Å²) in [6, 6.07) is 5.62. The number of nitrogens with two attached hydrogens (primary N) is 1. The Morgan fingerprint density at radius 1 is 1.00 bits per heavy atom. The Labute approximate surface area is 115 Å². The number of rotatable bonds is 3. The van der Waals surface area contributed by atoms with Crippen LogP contribution in [0.1, 0.15) is 28.3 Å². The summed E-state index contributed by atoms with van der Waals surface area (Å²) in [6.07, 6.45) is 0. The minimum Gasteiger partial charge on any atom is -0.271 e. The Morgan fingerprint density at radius 3 is 2.30 bits per heavy atom. The lowest BCUT2D eigenvalue weighted by atomic mass is 9.93. The number of nitrogens with one attached hydrogen (secondary N) is 1. The van der Waals surface area contributed by atoms with Crippen LogP contribution in [0, 0.1) is 31.3 Å². The van der Waals surface area contributed by atoms with Crippen LogP contribution >= 0.6 is 0 Å². The maximum Gasteiger partial charge on any atom is 0.134 e. The monoisotopic (exact) mass is 280 g/mol. The van der Waals surface area contributed by atoms with Gasteiger partial charge in [0, 0.05) is 5.56 Å². The van der Waals surface area contributed by atoms with Gasteiger partial charge in [-0.05, 0) is 48.7 Å². The normalized spacial score (nSPS) is 12.5. The topological polar surface area (TPSA) is 38.0 Å². The molecular formula is C15H15F3N2. The Kier molecular flexibility index (Phi) is 4.11. The van der Waals surface area contributed by atoms with Crippen LogP contribution in [0.3, 0.4) is 0 Å². The van der Waals surface area contributed by atoms with Crippen LogP contribution in [-0.4, -0.2) is 0 Å². The molecule has 0 aliphatic heterocycles. The van der Waals surface area contributed by atoms with Crippen molar-refractivity contribution in [3.63, 3.8) is 0 Å². The van der Waals surface area contributed by atoms with E-state index in [4.69, 9.17) is 5.84 Å². The Balaban J connectivity index is 2.64. The number of hydrazine groups is 1. The van der Waals surface area contributed by atoms with Crippen molar-refractivity contribution in [2.75, 3.05) is 0 Å². The molecule has 2 aromatic carbocycles. The zero-order chi connectivity index (χ0) is 14.9. The van der Waals surface area contributed by atoms with Crippen LogP contribution in [0.4, 0.5) is 13.2 Å². The molecule has 1 atom stereocenters. The van der Waals surface area contributed by atoms with Gasteiger partial charge in [0.05, 0.1) is 6.04 Å². The van der Waals surface area contributed by atoms with Crippen LogP contribution in [-0.2, 0) is 0 Å². The molecule has 0 aliphatic rings. The molecule has 2 nitrogen and oxygen atoms in total. The molecule has 0 fully saturated rings. The molecule has 2 rings (SSSR count). The van der Waals surface area contributed by atoms with E-state index in [2.05, 4.69) is 5.43 Å². The molecule has 0 radical (unpaired) electrons. The third-order valence-corrected chi connectivity index (χ3v) is 3.33. The van der Waals surface area contributed by atoms with E-state index < -0.39 is 23.5 Å². The fraction of sp³-hybridized carbons (Fsp3) is 0.200. The summed E-state index contributed by atoms with van der Waals surface area (Å²) in [4.78, 5) is 0. The molecule has 0 saturated heterocycles. The van der Waals surface area contributed by atoms with Gasteiger partial charge in [0.1, 0.15) is 17.5 Å². The molecule has 0 bridgehead atoms. The van der Waals surface area contributed by atoms with Crippen LogP contribution in [0.2, 0.25) is 0 Å². The van der Waals surface area contributed by atoms with Gasteiger partial charge < -0.3 is 0 Å². The first kappa shape index (κ1) is 14.6. The van der Waals surface area contributed by atoms with Crippen LogP contribution in [0.25, 0.3) is 0 Å². The molecule has 106 valence electrons. The number of halogens is 3. The molecular weight excluding hydrogens is 265 g/mol. The highest BCUT2D eigenvalue weighted by atomic mass is 19.1. The summed E-state index contributed by atoms with van der Waals surface area (Å²) in [7, 11) is 0. The third kappa shape index (κ3) is 2.55. The first-order chi connectivity index (χ1) is 9.45. The second-order valence-corrected chi connectivity index (χ2v) is 4.69. The van der Waals surface area contributed by atoms with Crippen molar-refractivity contribution in [3.8, 4) is 0 Å². The molecule has 0 spiro atoms. The molecule has 3 N–H and O–H groups in total. The van der Waals surface area contributed by atoms with E-state index in [1.54, 1.807) is 13.0 Å². The molecule has 20 heavy (non-hydrogen) atoms. The van der Waals surface area contributed by atoms with Crippen molar-refractivity contribution < 1.29 is 13.2 Å². The highest BCUT2D eigenvalue weighted by Crippen LogP contribution is 2.30. The van der Waals surface area contributed by atoms with E-state index >= 15 is 0 Å². The molecule has 2 aromatic rings. The lowest BCUT2D eigenvalue weighted by Gasteiger charge is -2.21. The molecule has 5 heteroatoms. The summed E-state index contributed by atoms with van der Waals surface area (Å²) in [6.45, 7) is 3.26. The Morgan fingerprint density at radius 2 is 1.65 bits per heavy atom. The van der Waals surface area contributed by atoms with Gasteiger partial charge in [-0.15, -0.1) is 0 Å². The number of hydrogen-bond donors (Lipinski definition) is 2. The fourth-order valence-electron chi connectivity index (χ4n) is 2.19. The predicted molar refractivity (Wildman–Crippen MR) is 71.4 cm³/mol. The largest absolute Gasteiger partial charge is 0.271 e. The van der Waals surface area contributed by atoms with E-state index in [1.165, 1.54) is 31.2 Å². The zero-order valence-electron chi connectivity index (χ0n) is 11.2. The van der Waals surface area contributed by atoms with Crippen molar-refractivity contribution in [1.29, 1.82) is 0 Å². The first-order valence-electron chi connectivity index (χ1n) is 6.12. The SMILES string of the molecule is Cc1ccc(F)cc1C(NN)c1c(F)ccc(C)c1F. The van der Waals surface area contributed by atoms with Crippen molar-refractivity contribution in [3.05, 3.63) is 70.0 Å². The minimum absolute atomic E-state index is 0.207. The summed E-state index contributed by atoms with van der Waals surface area (Å²) in [5.74, 6) is 3.54. The van der Waals surface area contributed by atoms with Crippen molar-refractivity contribution in [2.45, 2.75) is 19.9 Å². The quantitative estimate of drug-likeness (QED) is 0.669. The van der Waals surface area contributed by atoms with E-state index in [9.17, 15) is 13.2 Å². The van der Waals surface area contributed by atoms with E-state index in [0.717, 1.165) is 0 Å². The highest BCUT2D eigenvalue weighted by Gasteiger charge is 2.23. The number of hydrogen-bond acceptors (Lipinski definition) is 2. The van der Waals surface area contributed by atoms with E-state index in [0.29, 0.717) is 16.7 Å².